The number of sulfonamides is 1. The van der Waals surface area contributed by atoms with Crippen molar-refractivity contribution in [3.63, 3.8) is 0 Å². The Morgan fingerprint density at radius 2 is 1.62 bits per heavy atom. The number of piperazine rings is 2. The summed E-state index contributed by atoms with van der Waals surface area (Å²) in [6, 6.07) is 7.11. The fourth-order valence-corrected chi connectivity index (χ4v) is 7.24. The SMILES string of the molecule is CC(C)C[C@@H]1C(=O)NC(C2Cc3ccccc3C2)C(=O)N1[C@@H](C(=O)N1CCN(S(C)(=O)=O)CC1)c1ccc(F)cc1F. The number of fused-ring (bicyclic) bond motifs is 1. The van der Waals surface area contributed by atoms with E-state index in [9.17, 15) is 27.2 Å². The molecule has 2 aliphatic heterocycles. The molecule has 9 nitrogen and oxygen atoms in total. The molecule has 1 N–H and O–H groups in total. The maximum Gasteiger partial charge on any atom is 0.250 e. The Labute approximate surface area is 244 Å². The van der Waals surface area contributed by atoms with Crippen LogP contribution in [0.3, 0.4) is 0 Å². The summed E-state index contributed by atoms with van der Waals surface area (Å²) in [6.07, 6.45) is 2.44. The van der Waals surface area contributed by atoms with Gasteiger partial charge in [-0.2, -0.15) is 4.31 Å². The topological polar surface area (TPSA) is 107 Å². The molecule has 2 saturated heterocycles. The number of hydrogen-bond donors (Lipinski definition) is 1. The first-order chi connectivity index (χ1) is 19.8. The van der Waals surface area contributed by atoms with Crippen LogP contribution in [0.5, 0.6) is 0 Å². The lowest BCUT2D eigenvalue weighted by Crippen LogP contribution is -2.67. The number of carbonyl (C=O) groups excluding carboxylic acids is 3. The predicted molar refractivity (Wildman–Crippen MR) is 151 cm³/mol. The molecular formula is C30H36F2N4O5S. The first-order valence-electron chi connectivity index (χ1n) is 14.2. The van der Waals surface area contributed by atoms with Gasteiger partial charge in [0.25, 0.3) is 0 Å². The van der Waals surface area contributed by atoms with E-state index in [1.807, 2.05) is 38.1 Å². The summed E-state index contributed by atoms with van der Waals surface area (Å²) >= 11 is 0. The van der Waals surface area contributed by atoms with E-state index < -0.39 is 57.5 Å². The van der Waals surface area contributed by atoms with Gasteiger partial charge in [0.15, 0.2) is 0 Å². The fourth-order valence-electron chi connectivity index (χ4n) is 6.41. The molecule has 226 valence electrons. The Bertz CT molecular complexity index is 1470. The third kappa shape index (κ3) is 5.92. The highest BCUT2D eigenvalue weighted by molar-refractivity contribution is 7.88. The van der Waals surface area contributed by atoms with Gasteiger partial charge in [0.2, 0.25) is 27.7 Å². The van der Waals surface area contributed by atoms with Gasteiger partial charge in [-0.3, -0.25) is 14.4 Å². The molecule has 1 aliphatic carbocycles. The minimum Gasteiger partial charge on any atom is -0.342 e. The van der Waals surface area contributed by atoms with Crippen molar-refractivity contribution in [2.45, 2.75) is 51.2 Å². The Kier molecular flexibility index (Phi) is 8.39. The zero-order valence-corrected chi connectivity index (χ0v) is 24.7. The highest BCUT2D eigenvalue weighted by atomic mass is 32.2. The monoisotopic (exact) mass is 602 g/mol. The minimum absolute atomic E-state index is 0.0235. The van der Waals surface area contributed by atoms with E-state index in [0.717, 1.165) is 29.5 Å². The number of amides is 3. The predicted octanol–water partition coefficient (Wildman–Crippen LogP) is 2.27. The van der Waals surface area contributed by atoms with Gasteiger partial charge >= 0.3 is 0 Å². The van der Waals surface area contributed by atoms with Crippen LogP contribution in [0.15, 0.2) is 42.5 Å². The molecule has 2 aromatic rings. The van der Waals surface area contributed by atoms with Crippen LogP contribution >= 0.6 is 0 Å². The molecule has 2 heterocycles. The second kappa shape index (κ2) is 11.7. The molecule has 12 heteroatoms. The quantitative estimate of drug-likeness (QED) is 0.524. The summed E-state index contributed by atoms with van der Waals surface area (Å²) in [5, 5.41) is 2.92. The molecule has 1 unspecified atom stereocenters. The summed E-state index contributed by atoms with van der Waals surface area (Å²) in [6.45, 7) is 3.89. The molecule has 0 radical (unpaired) electrons. The maximum absolute atomic E-state index is 15.5. The van der Waals surface area contributed by atoms with Crippen molar-refractivity contribution in [2.24, 2.45) is 11.8 Å². The van der Waals surface area contributed by atoms with Crippen LogP contribution in [0.4, 0.5) is 8.78 Å². The summed E-state index contributed by atoms with van der Waals surface area (Å²) in [7, 11) is -3.48. The van der Waals surface area contributed by atoms with Crippen LogP contribution in [0.2, 0.25) is 0 Å². The zero-order valence-electron chi connectivity index (χ0n) is 23.9. The van der Waals surface area contributed by atoms with Crippen molar-refractivity contribution >= 4 is 27.7 Å². The van der Waals surface area contributed by atoms with E-state index in [-0.39, 0.29) is 50.0 Å². The number of rotatable bonds is 7. The Balaban J connectivity index is 1.55. The van der Waals surface area contributed by atoms with Crippen LogP contribution in [0.1, 0.15) is 43.0 Å². The molecule has 42 heavy (non-hydrogen) atoms. The summed E-state index contributed by atoms with van der Waals surface area (Å²) < 4.78 is 54.8. The van der Waals surface area contributed by atoms with E-state index in [4.69, 9.17) is 0 Å². The fraction of sp³-hybridized carbons (Fsp3) is 0.500. The molecule has 3 amide bonds. The normalized spacial score (nSPS) is 22.8. The van der Waals surface area contributed by atoms with E-state index >= 15 is 4.39 Å². The van der Waals surface area contributed by atoms with Gasteiger partial charge in [-0.15, -0.1) is 0 Å². The minimum atomic E-state index is -3.48. The Hall–Kier alpha value is -3.38. The van der Waals surface area contributed by atoms with Gasteiger partial charge < -0.3 is 15.1 Å². The molecule has 0 bridgehead atoms. The average Bonchev–Trinajstić information content (AvgIpc) is 3.36. The number of hydrogen-bond acceptors (Lipinski definition) is 5. The first kappa shape index (κ1) is 30.1. The lowest BCUT2D eigenvalue weighted by Gasteiger charge is -2.46. The lowest BCUT2D eigenvalue weighted by atomic mass is 9.87. The number of nitrogens with one attached hydrogen (secondary N) is 1. The van der Waals surface area contributed by atoms with Crippen LogP contribution in [-0.2, 0) is 37.2 Å². The van der Waals surface area contributed by atoms with E-state index in [1.54, 1.807) is 0 Å². The van der Waals surface area contributed by atoms with Gasteiger partial charge in [-0.05, 0) is 48.3 Å². The second-order valence-corrected chi connectivity index (χ2v) is 13.9. The van der Waals surface area contributed by atoms with Crippen LogP contribution in [0.25, 0.3) is 0 Å². The smallest absolute Gasteiger partial charge is 0.250 e. The van der Waals surface area contributed by atoms with Crippen LogP contribution in [-0.4, -0.2) is 84.8 Å². The summed E-state index contributed by atoms with van der Waals surface area (Å²) in [5.41, 5.74) is 1.96. The molecule has 5 rings (SSSR count). The number of halogens is 2. The number of benzene rings is 2. The molecule has 2 aromatic carbocycles. The van der Waals surface area contributed by atoms with Gasteiger partial charge in [-0.25, -0.2) is 17.2 Å². The van der Waals surface area contributed by atoms with Gasteiger partial charge in [0.1, 0.15) is 29.8 Å². The molecule has 0 saturated carbocycles. The number of nitrogens with zero attached hydrogens (tertiary/aromatic N) is 3. The standard InChI is InChI=1S/C30H36F2N4O5S/c1-18(2)14-25-28(37)33-26(21-15-19-6-4-5-7-20(19)16-21)29(38)36(25)27(23-9-8-22(31)17-24(23)32)30(39)34-10-12-35(13-11-34)42(3,40)41/h4-9,17-18,21,25-27H,10-16H2,1-3H3,(H,33,37)/t25-,26?,27-/m1/s1. The van der Waals surface area contributed by atoms with Crippen molar-refractivity contribution in [3.8, 4) is 0 Å². The second-order valence-electron chi connectivity index (χ2n) is 11.9. The summed E-state index contributed by atoms with van der Waals surface area (Å²) in [5.74, 6) is -3.70. The van der Waals surface area contributed by atoms with Crippen molar-refractivity contribution < 1.29 is 31.6 Å². The van der Waals surface area contributed by atoms with E-state index in [0.29, 0.717) is 18.9 Å². The van der Waals surface area contributed by atoms with Gasteiger partial charge in [0.05, 0.1) is 6.26 Å². The third-order valence-electron chi connectivity index (χ3n) is 8.49. The van der Waals surface area contributed by atoms with Crippen LogP contribution in [0, 0.1) is 23.5 Å². The Morgan fingerprint density at radius 1 is 1.00 bits per heavy atom. The third-order valence-corrected chi connectivity index (χ3v) is 9.80. The number of carbonyl (C=O) groups is 3. The molecule has 0 spiro atoms. The average molecular weight is 603 g/mol. The highest BCUT2D eigenvalue weighted by Crippen LogP contribution is 2.37. The van der Waals surface area contributed by atoms with E-state index in [2.05, 4.69) is 5.32 Å². The molecule has 3 aliphatic rings. The Morgan fingerprint density at radius 3 is 2.17 bits per heavy atom. The van der Waals surface area contributed by atoms with Crippen molar-refractivity contribution in [2.75, 3.05) is 32.4 Å². The van der Waals surface area contributed by atoms with Crippen molar-refractivity contribution in [1.29, 1.82) is 0 Å². The lowest BCUT2D eigenvalue weighted by molar-refractivity contribution is -0.160. The molecule has 3 atom stereocenters. The van der Waals surface area contributed by atoms with Crippen molar-refractivity contribution in [1.82, 2.24) is 19.4 Å². The van der Waals surface area contributed by atoms with Gasteiger partial charge in [0, 0.05) is 37.8 Å². The zero-order chi connectivity index (χ0) is 30.3. The molecular weight excluding hydrogens is 566 g/mol. The summed E-state index contributed by atoms with van der Waals surface area (Å²) in [4.78, 5) is 45.0. The van der Waals surface area contributed by atoms with Gasteiger partial charge in [-0.1, -0.05) is 44.2 Å². The van der Waals surface area contributed by atoms with Crippen LogP contribution < -0.4 is 5.32 Å². The molecule has 2 fully saturated rings. The van der Waals surface area contributed by atoms with Crippen molar-refractivity contribution in [3.05, 3.63) is 70.8 Å². The van der Waals surface area contributed by atoms with E-state index in [1.165, 1.54) is 14.1 Å². The first-order valence-corrected chi connectivity index (χ1v) is 16.1. The molecule has 0 aromatic heterocycles. The maximum atomic E-state index is 15.5. The largest absolute Gasteiger partial charge is 0.342 e. The highest BCUT2D eigenvalue weighted by Gasteiger charge is 2.50.